The average Bonchev–Trinajstić information content (AvgIpc) is 2.55. The molecule has 0 atom stereocenters. The predicted molar refractivity (Wildman–Crippen MR) is 60.1 cm³/mol. The number of hydrogen-bond donors (Lipinski definition) is 1. The van der Waals surface area contributed by atoms with Crippen molar-refractivity contribution in [2.75, 3.05) is 0 Å². The fourth-order valence-corrected chi connectivity index (χ4v) is 1.97. The first-order valence-corrected chi connectivity index (χ1v) is 5.31. The summed E-state index contributed by atoms with van der Waals surface area (Å²) in [4.78, 5) is 15.2. The minimum absolute atomic E-state index is 0.276. The highest BCUT2D eigenvalue weighted by atomic mass is 79.9. The van der Waals surface area contributed by atoms with Gasteiger partial charge < -0.3 is 9.67 Å². The number of aromatic carboxylic acids is 1. The van der Waals surface area contributed by atoms with Crippen LogP contribution in [-0.2, 0) is 6.54 Å². The zero-order chi connectivity index (χ0) is 11.0. The normalized spacial score (nSPS) is 10.8. The lowest BCUT2D eigenvalue weighted by atomic mass is 10.3. The van der Waals surface area contributed by atoms with Crippen molar-refractivity contribution in [1.29, 1.82) is 0 Å². The molecule has 78 valence electrons. The number of aromatic nitrogens is 2. The number of hydrogen-bond acceptors (Lipinski definition) is 2. The lowest BCUT2D eigenvalue weighted by Crippen LogP contribution is -2.07. The Kier molecular flexibility index (Phi) is 2.48. The third kappa shape index (κ3) is 1.63. The standard InChI is InChI=1S/C10H9BrN2O2/c1-2-13-8(10(14)15)4-6-3-7(11)5-12-9(6)13/h3-5H,2H2,1H3,(H,14,15). The summed E-state index contributed by atoms with van der Waals surface area (Å²) in [5.74, 6) is -0.925. The molecule has 0 aromatic carbocycles. The third-order valence-corrected chi connectivity index (χ3v) is 2.67. The molecule has 2 heterocycles. The Hall–Kier alpha value is -1.36. The molecule has 5 heteroatoms. The largest absolute Gasteiger partial charge is 0.477 e. The van der Waals surface area contributed by atoms with Gasteiger partial charge in [0.1, 0.15) is 11.3 Å². The van der Waals surface area contributed by atoms with Crippen LogP contribution in [-0.4, -0.2) is 20.6 Å². The van der Waals surface area contributed by atoms with E-state index in [0.29, 0.717) is 12.2 Å². The van der Waals surface area contributed by atoms with Gasteiger partial charge in [-0.15, -0.1) is 0 Å². The average molecular weight is 269 g/mol. The van der Waals surface area contributed by atoms with E-state index < -0.39 is 5.97 Å². The molecule has 0 unspecified atom stereocenters. The van der Waals surface area contributed by atoms with Gasteiger partial charge in [0.25, 0.3) is 0 Å². The van der Waals surface area contributed by atoms with Gasteiger partial charge in [-0.1, -0.05) is 0 Å². The highest BCUT2D eigenvalue weighted by Gasteiger charge is 2.14. The van der Waals surface area contributed by atoms with Crippen molar-refractivity contribution < 1.29 is 9.90 Å². The smallest absolute Gasteiger partial charge is 0.352 e. The van der Waals surface area contributed by atoms with E-state index in [1.165, 1.54) is 0 Å². The number of aryl methyl sites for hydroxylation is 1. The van der Waals surface area contributed by atoms with Crippen LogP contribution in [0.2, 0.25) is 0 Å². The van der Waals surface area contributed by atoms with Gasteiger partial charge >= 0.3 is 5.97 Å². The van der Waals surface area contributed by atoms with E-state index in [1.54, 1.807) is 16.8 Å². The summed E-state index contributed by atoms with van der Waals surface area (Å²) >= 11 is 3.31. The first-order chi connectivity index (χ1) is 7.13. The first kappa shape index (κ1) is 10.2. The van der Waals surface area contributed by atoms with Gasteiger partial charge in [0.05, 0.1) is 0 Å². The highest BCUT2D eigenvalue weighted by molar-refractivity contribution is 9.10. The molecule has 0 spiro atoms. The quantitative estimate of drug-likeness (QED) is 0.911. The summed E-state index contributed by atoms with van der Waals surface area (Å²) in [5, 5.41) is 9.84. The summed E-state index contributed by atoms with van der Waals surface area (Å²) in [6, 6.07) is 3.50. The molecular weight excluding hydrogens is 260 g/mol. The lowest BCUT2D eigenvalue weighted by molar-refractivity contribution is 0.0686. The van der Waals surface area contributed by atoms with Crippen molar-refractivity contribution in [3.05, 3.63) is 28.5 Å². The molecule has 1 N–H and O–H groups in total. The van der Waals surface area contributed by atoms with Gasteiger partial charge in [-0.25, -0.2) is 9.78 Å². The topological polar surface area (TPSA) is 55.1 Å². The highest BCUT2D eigenvalue weighted by Crippen LogP contribution is 2.21. The van der Waals surface area contributed by atoms with Gasteiger partial charge in [-0.05, 0) is 35.0 Å². The van der Waals surface area contributed by atoms with Crippen LogP contribution in [0.25, 0.3) is 11.0 Å². The Morgan fingerprint density at radius 2 is 2.33 bits per heavy atom. The first-order valence-electron chi connectivity index (χ1n) is 4.51. The van der Waals surface area contributed by atoms with Crippen LogP contribution in [0.15, 0.2) is 22.8 Å². The maximum absolute atomic E-state index is 11.0. The minimum Gasteiger partial charge on any atom is -0.477 e. The van der Waals surface area contributed by atoms with Crippen LogP contribution in [0.4, 0.5) is 0 Å². The molecule has 0 amide bonds. The monoisotopic (exact) mass is 268 g/mol. The number of carboxylic acid groups (broad SMARTS) is 1. The van der Waals surface area contributed by atoms with Crippen molar-refractivity contribution in [1.82, 2.24) is 9.55 Å². The molecule has 0 aliphatic rings. The molecule has 0 aliphatic heterocycles. The summed E-state index contributed by atoms with van der Waals surface area (Å²) in [7, 11) is 0. The Bertz CT molecular complexity index is 533. The number of rotatable bonds is 2. The minimum atomic E-state index is -0.925. The SMILES string of the molecule is CCn1c(C(=O)O)cc2cc(Br)cnc21. The van der Waals surface area contributed by atoms with Crippen molar-refractivity contribution in [2.45, 2.75) is 13.5 Å². The lowest BCUT2D eigenvalue weighted by Gasteiger charge is -2.02. The van der Waals surface area contributed by atoms with E-state index in [4.69, 9.17) is 5.11 Å². The molecule has 0 bridgehead atoms. The van der Waals surface area contributed by atoms with Crippen LogP contribution in [0.3, 0.4) is 0 Å². The Balaban J connectivity index is 2.78. The summed E-state index contributed by atoms with van der Waals surface area (Å²) in [5.41, 5.74) is 0.983. The fraction of sp³-hybridized carbons (Fsp3) is 0.200. The third-order valence-electron chi connectivity index (χ3n) is 2.24. The van der Waals surface area contributed by atoms with Crippen molar-refractivity contribution >= 4 is 32.9 Å². The molecule has 0 saturated carbocycles. The summed E-state index contributed by atoms with van der Waals surface area (Å²) < 4.78 is 2.53. The van der Waals surface area contributed by atoms with Gasteiger partial charge in [0.15, 0.2) is 0 Å². The molecule has 0 radical (unpaired) electrons. The maximum atomic E-state index is 11.0. The zero-order valence-corrected chi connectivity index (χ0v) is 9.65. The zero-order valence-electron chi connectivity index (χ0n) is 8.07. The van der Waals surface area contributed by atoms with Crippen LogP contribution in [0.1, 0.15) is 17.4 Å². The van der Waals surface area contributed by atoms with E-state index in [9.17, 15) is 4.79 Å². The molecular formula is C10H9BrN2O2. The van der Waals surface area contributed by atoms with E-state index in [0.717, 1.165) is 9.86 Å². The second-order valence-electron chi connectivity index (χ2n) is 3.15. The van der Waals surface area contributed by atoms with Crippen molar-refractivity contribution in [3.63, 3.8) is 0 Å². The molecule has 0 fully saturated rings. The number of halogens is 1. The van der Waals surface area contributed by atoms with Crippen LogP contribution < -0.4 is 0 Å². The van der Waals surface area contributed by atoms with Crippen molar-refractivity contribution in [3.8, 4) is 0 Å². The van der Waals surface area contributed by atoms with Gasteiger partial charge in [0.2, 0.25) is 0 Å². The van der Waals surface area contributed by atoms with Gasteiger partial charge in [0, 0.05) is 22.6 Å². The Morgan fingerprint density at radius 3 is 2.93 bits per heavy atom. The Labute approximate surface area is 94.7 Å². The number of pyridine rings is 1. The summed E-state index contributed by atoms with van der Waals surface area (Å²) in [6.07, 6.45) is 1.67. The van der Waals surface area contributed by atoms with Crippen LogP contribution in [0.5, 0.6) is 0 Å². The fourth-order valence-electron chi connectivity index (χ4n) is 1.62. The number of carboxylic acids is 1. The van der Waals surface area contributed by atoms with Crippen LogP contribution >= 0.6 is 15.9 Å². The molecule has 0 saturated heterocycles. The molecule has 2 aromatic heterocycles. The molecule has 15 heavy (non-hydrogen) atoms. The number of fused-ring (bicyclic) bond motifs is 1. The van der Waals surface area contributed by atoms with E-state index in [2.05, 4.69) is 20.9 Å². The summed E-state index contributed by atoms with van der Waals surface area (Å²) in [6.45, 7) is 2.50. The van der Waals surface area contributed by atoms with E-state index >= 15 is 0 Å². The van der Waals surface area contributed by atoms with Crippen LogP contribution in [0, 0.1) is 0 Å². The molecule has 0 aliphatic carbocycles. The molecule has 2 aromatic rings. The molecule has 2 rings (SSSR count). The molecule has 4 nitrogen and oxygen atoms in total. The second kappa shape index (κ2) is 3.66. The predicted octanol–water partition coefficient (Wildman–Crippen LogP) is 2.52. The van der Waals surface area contributed by atoms with E-state index in [-0.39, 0.29) is 5.69 Å². The van der Waals surface area contributed by atoms with Crippen molar-refractivity contribution in [2.24, 2.45) is 0 Å². The Morgan fingerprint density at radius 1 is 1.60 bits per heavy atom. The van der Waals surface area contributed by atoms with E-state index in [1.807, 2.05) is 13.0 Å². The number of carbonyl (C=O) groups is 1. The maximum Gasteiger partial charge on any atom is 0.352 e. The second-order valence-corrected chi connectivity index (χ2v) is 4.06. The van der Waals surface area contributed by atoms with Gasteiger partial charge in [-0.3, -0.25) is 0 Å². The van der Waals surface area contributed by atoms with Gasteiger partial charge in [-0.2, -0.15) is 0 Å². The number of nitrogens with zero attached hydrogens (tertiary/aromatic N) is 2.